The summed E-state index contributed by atoms with van der Waals surface area (Å²) in [5, 5.41) is 5.43. The van der Waals surface area contributed by atoms with Gasteiger partial charge in [0.1, 0.15) is 17.3 Å². The zero-order valence-corrected chi connectivity index (χ0v) is 18.0. The smallest absolute Gasteiger partial charge is 0.383 e. The molecule has 1 aliphatic heterocycles. The van der Waals surface area contributed by atoms with Crippen molar-refractivity contribution in [1.29, 1.82) is 0 Å². The third-order valence-corrected chi connectivity index (χ3v) is 6.07. The molecule has 4 heterocycles. The minimum absolute atomic E-state index is 0.00229. The summed E-state index contributed by atoms with van der Waals surface area (Å²) in [6.45, 7) is -0.318. The Morgan fingerprint density at radius 1 is 1.26 bits per heavy atom. The molecule has 0 bridgehead atoms. The number of rotatable bonds is 2. The number of fused-ring (bicyclic) bond motifs is 4. The summed E-state index contributed by atoms with van der Waals surface area (Å²) in [4.78, 5) is 23.1. The molecule has 8 nitrogen and oxygen atoms in total. The maximum atomic E-state index is 14.6. The Bertz CT molecular complexity index is 1470. The number of nitrogens with two attached hydrogens (primary N) is 1. The minimum Gasteiger partial charge on any atom is -0.383 e. The van der Waals surface area contributed by atoms with Gasteiger partial charge in [0.2, 0.25) is 0 Å². The Morgan fingerprint density at radius 2 is 2.03 bits per heavy atom. The van der Waals surface area contributed by atoms with Crippen molar-refractivity contribution < 1.29 is 27.1 Å². The molecular weight excluding hydrogens is 456 g/mol. The first-order valence-electron chi connectivity index (χ1n) is 10.2. The second-order valence-electron chi connectivity index (χ2n) is 8.05. The number of halogens is 4. The highest BCUT2D eigenvalue weighted by Crippen LogP contribution is 2.38. The predicted octanol–water partition coefficient (Wildman–Crippen LogP) is 3.60. The minimum atomic E-state index is -4.84. The van der Waals surface area contributed by atoms with Crippen LogP contribution in [0.15, 0.2) is 30.6 Å². The summed E-state index contributed by atoms with van der Waals surface area (Å²) in [7, 11) is 3.20. The molecule has 1 aromatic carbocycles. The van der Waals surface area contributed by atoms with Crippen LogP contribution < -0.4 is 5.73 Å². The highest BCUT2D eigenvalue weighted by Gasteiger charge is 2.38. The Hall–Kier alpha value is -3.80. The molecule has 4 aromatic rings. The van der Waals surface area contributed by atoms with E-state index in [0.717, 1.165) is 0 Å². The van der Waals surface area contributed by atoms with E-state index >= 15 is 0 Å². The average molecular weight is 474 g/mol. The highest BCUT2D eigenvalue weighted by atomic mass is 19.4. The monoisotopic (exact) mass is 474 g/mol. The number of ether oxygens (including phenoxy) is 1. The van der Waals surface area contributed by atoms with Crippen LogP contribution in [0.3, 0.4) is 0 Å². The van der Waals surface area contributed by atoms with Crippen LogP contribution in [0.5, 0.6) is 0 Å². The molecule has 0 unspecified atom stereocenters. The van der Waals surface area contributed by atoms with E-state index in [4.69, 9.17) is 10.5 Å². The molecule has 1 amide bonds. The third-order valence-electron chi connectivity index (χ3n) is 6.07. The van der Waals surface area contributed by atoms with Gasteiger partial charge in [-0.15, -0.1) is 0 Å². The molecule has 0 saturated heterocycles. The topological polar surface area (TPSA) is 99.2 Å². The van der Waals surface area contributed by atoms with Gasteiger partial charge >= 0.3 is 6.18 Å². The largest absolute Gasteiger partial charge is 0.419 e. The van der Waals surface area contributed by atoms with E-state index in [2.05, 4.69) is 15.1 Å². The number of hydrogen-bond donors (Lipinski definition) is 1. The molecule has 0 fully saturated rings. The SMILES string of the molecule is CN(C(=O)c1cc2c(cn1)nc(N)c1cnn(C)c12)[C@@H]1COCc2c1ccc(C(F)(F)F)c2F. The normalized spacial score (nSPS) is 16.1. The fourth-order valence-corrected chi connectivity index (χ4v) is 4.30. The van der Waals surface area contributed by atoms with Gasteiger partial charge in [0.05, 0.1) is 53.6 Å². The van der Waals surface area contributed by atoms with Gasteiger partial charge < -0.3 is 15.4 Å². The number of pyridine rings is 2. The van der Waals surface area contributed by atoms with E-state index < -0.39 is 29.5 Å². The van der Waals surface area contributed by atoms with Crippen LogP contribution in [0.1, 0.15) is 33.2 Å². The van der Waals surface area contributed by atoms with Crippen molar-refractivity contribution in [3.63, 3.8) is 0 Å². The zero-order chi connectivity index (χ0) is 24.4. The van der Waals surface area contributed by atoms with Gasteiger partial charge in [-0.25, -0.2) is 14.4 Å². The standard InChI is InChI=1S/C22H18F4N6O2/c1-31(17-9-34-8-13-10(17)3-4-14(18(13)23)22(24,25)26)21(33)15-5-11-16(7-28-15)30-20(27)12-6-29-32(2)19(11)12/h3-7,17H,8-9H2,1-2H3,(H2,27,30)/t17-/m1/s1. The molecule has 0 spiro atoms. The second-order valence-corrected chi connectivity index (χ2v) is 8.05. The molecule has 0 saturated carbocycles. The molecule has 3 aromatic heterocycles. The van der Waals surface area contributed by atoms with Gasteiger partial charge in [0.15, 0.2) is 0 Å². The molecule has 5 rings (SSSR count). The number of aromatic nitrogens is 4. The number of likely N-dealkylation sites (N-methyl/N-ethyl adjacent to an activating group) is 1. The quantitative estimate of drug-likeness (QED) is 0.446. The van der Waals surface area contributed by atoms with Gasteiger partial charge in [-0.2, -0.15) is 18.3 Å². The Balaban J connectivity index is 1.54. The van der Waals surface area contributed by atoms with Crippen LogP contribution in [-0.2, 0) is 24.6 Å². The molecule has 0 aliphatic carbocycles. The molecular formula is C22H18F4N6O2. The highest BCUT2D eigenvalue weighted by molar-refractivity contribution is 6.09. The summed E-state index contributed by atoms with van der Waals surface area (Å²) < 4.78 is 61.0. The van der Waals surface area contributed by atoms with Gasteiger partial charge in [-0.05, 0) is 17.7 Å². The van der Waals surface area contributed by atoms with Crippen molar-refractivity contribution >= 4 is 33.5 Å². The first-order chi connectivity index (χ1) is 16.1. The fraction of sp³-hybridized carbons (Fsp3) is 0.273. The Labute approximate surface area is 189 Å². The van der Waals surface area contributed by atoms with Gasteiger partial charge in [0.25, 0.3) is 5.91 Å². The number of carbonyl (C=O) groups is 1. The lowest BCUT2D eigenvalue weighted by Crippen LogP contribution is -2.37. The number of nitrogen functional groups attached to an aromatic ring is 1. The van der Waals surface area contributed by atoms with E-state index in [9.17, 15) is 22.4 Å². The summed E-state index contributed by atoms with van der Waals surface area (Å²) in [5.74, 6) is -1.62. The molecule has 34 heavy (non-hydrogen) atoms. The molecule has 0 radical (unpaired) electrons. The van der Waals surface area contributed by atoms with Crippen molar-refractivity contribution in [2.24, 2.45) is 7.05 Å². The van der Waals surface area contributed by atoms with E-state index in [1.165, 1.54) is 24.2 Å². The number of anilines is 1. The third kappa shape index (κ3) is 3.33. The van der Waals surface area contributed by atoms with Crippen molar-refractivity contribution in [1.82, 2.24) is 24.6 Å². The maximum absolute atomic E-state index is 14.6. The number of benzene rings is 1. The zero-order valence-electron chi connectivity index (χ0n) is 18.0. The van der Waals surface area contributed by atoms with E-state index in [-0.39, 0.29) is 35.9 Å². The molecule has 1 atom stereocenters. The van der Waals surface area contributed by atoms with Crippen LogP contribution in [0, 0.1) is 5.82 Å². The lowest BCUT2D eigenvalue weighted by molar-refractivity contribution is -0.140. The Morgan fingerprint density at radius 3 is 2.76 bits per heavy atom. The molecule has 1 aliphatic rings. The lowest BCUT2D eigenvalue weighted by Gasteiger charge is -2.33. The first kappa shape index (κ1) is 22.0. The van der Waals surface area contributed by atoms with Crippen LogP contribution in [0.2, 0.25) is 0 Å². The van der Waals surface area contributed by atoms with Crippen molar-refractivity contribution in [3.8, 4) is 0 Å². The summed E-state index contributed by atoms with van der Waals surface area (Å²) in [6.07, 6.45) is -1.84. The van der Waals surface area contributed by atoms with Crippen LogP contribution in [0.25, 0.3) is 21.8 Å². The van der Waals surface area contributed by atoms with Crippen LogP contribution in [0.4, 0.5) is 23.4 Å². The van der Waals surface area contributed by atoms with E-state index in [0.29, 0.717) is 27.9 Å². The van der Waals surface area contributed by atoms with Crippen LogP contribution in [-0.4, -0.2) is 44.2 Å². The number of nitrogens with zero attached hydrogens (tertiary/aromatic N) is 5. The number of alkyl halides is 3. The average Bonchev–Trinajstić information content (AvgIpc) is 3.19. The maximum Gasteiger partial charge on any atom is 0.419 e. The molecule has 12 heteroatoms. The number of hydrogen-bond acceptors (Lipinski definition) is 6. The summed E-state index contributed by atoms with van der Waals surface area (Å²) in [5.41, 5.74) is 5.89. The van der Waals surface area contributed by atoms with Crippen molar-refractivity contribution in [2.45, 2.75) is 18.8 Å². The van der Waals surface area contributed by atoms with Crippen molar-refractivity contribution in [3.05, 3.63) is 58.8 Å². The Kier molecular flexibility index (Phi) is 4.93. The lowest BCUT2D eigenvalue weighted by atomic mass is 9.94. The van der Waals surface area contributed by atoms with Gasteiger partial charge in [-0.1, -0.05) is 6.07 Å². The van der Waals surface area contributed by atoms with Crippen molar-refractivity contribution in [2.75, 3.05) is 19.4 Å². The fourth-order valence-electron chi connectivity index (χ4n) is 4.30. The summed E-state index contributed by atoms with van der Waals surface area (Å²) >= 11 is 0. The van der Waals surface area contributed by atoms with E-state index in [1.54, 1.807) is 24.0 Å². The first-order valence-corrected chi connectivity index (χ1v) is 10.2. The summed E-state index contributed by atoms with van der Waals surface area (Å²) in [6, 6.07) is 2.64. The van der Waals surface area contributed by atoms with Crippen LogP contribution >= 0.6 is 0 Å². The number of amides is 1. The number of carbonyl (C=O) groups excluding carboxylic acids is 1. The second kappa shape index (κ2) is 7.62. The predicted molar refractivity (Wildman–Crippen MR) is 114 cm³/mol. The molecule has 176 valence electrons. The van der Waals surface area contributed by atoms with Gasteiger partial charge in [-0.3, -0.25) is 9.48 Å². The molecule has 2 N–H and O–H groups in total. The van der Waals surface area contributed by atoms with Gasteiger partial charge in [0, 0.05) is 25.0 Å². The van der Waals surface area contributed by atoms with E-state index in [1.807, 2.05) is 0 Å². The number of aryl methyl sites for hydroxylation is 1.